The van der Waals surface area contributed by atoms with Crippen LogP contribution in [0, 0.1) is 0 Å². The fourth-order valence-corrected chi connectivity index (χ4v) is 3.43. The molecule has 0 aromatic heterocycles. The lowest BCUT2D eigenvalue weighted by Crippen LogP contribution is -2.25. The van der Waals surface area contributed by atoms with Gasteiger partial charge < -0.3 is 9.84 Å². The fourth-order valence-electron chi connectivity index (χ4n) is 2.08. The number of carboxylic acids is 1. The molecule has 1 N–H and O–H groups in total. The smallest absolute Gasteiger partial charge is 0.332 e. The lowest BCUT2D eigenvalue weighted by molar-refractivity contribution is -0.148. The quantitative estimate of drug-likeness (QED) is 0.884. The summed E-state index contributed by atoms with van der Waals surface area (Å²) >= 11 is 0. The highest BCUT2D eigenvalue weighted by Crippen LogP contribution is 2.20. The molecule has 0 radical (unpaired) electrons. The lowest BCUT2D eigenvalue weighted by atomic mass is 10.1. The second-order valence-electron chi connectivity index (χ2n) is 4.68. The van der Waals surface area contributed by atoms with Crippen LogP contribution in [0.5, 0.6) is 0 Å². The second kappa shape index (κ2) is 6.24. The van der Waals surface area contributed by atoms with E-state index in [4.69, 9.17) is 9.84 Å². The molecule has 0 saturated carbocycles. The van der Waals surface area contributed by atoms with E-state index in [2.05, 4.69) is 0 Å². The molecule has 112 valence electrons. The Morgan fingerprint density at radius 3 is 2.48 bits per heavy atom. The molecule has 0 aliphatic heterocycles. The molecule has 0 bridgehead atoms. The molecule has 5 nitrogen and oxygen atoms in total. The van der Waals surface area contributed by atoms with Crippen molar-refractivity contribution in [2.45, 2.75) is 17.4 Å². The molecule has 21 heavy (non-hydrogen) atoms. The maximum absolute atomic E-state index is 12.3. The molecule has 0 aliphatic carbocycles. The zero-order chi connectivity index (χ0) is 15.5. The van der Waals surface area contributed by atoms with E-state index in [1.165, 1.54) is 7.11 Å². The summed E-state index contributed by atoms with van der Waals surface area (Å²) < 4.78 is 29.3. The minimum atomic E-state index is -3.53. The first kappa shape index (κ1) is 15.5. The predicted octanol–water partition coefficient (Wildman–Crippen LogP) is 2.10. The molecule has 2 rings (SSSR count). The normalized spacial score (nSPS) is 13.2. The number of aliphatic carboxylic acids is 1. The van der Waals surface area contributed by atoms with Gasteiger partial charge in [-0.2, -0.15) is 0 Å². The van der Waals surface area contributed by atoms with Crippen LogP contribution < -0.4 is 0 Å². The molecule has 6 heteroatoms. The van der Waals surface area contributed by atoms with Crippen molar-refractivity contribution in [1.29, 1.82) is 0 Å². The Kier molecular flexibility index (Phi) is 4.59. The minimum absolute atomic E-state index is 0.0823. The molecular formula is C15H16O5S. The summed E-state index contributed by atoms with van der Waals surface area (Å²) in [6.45, 7) is 0. The van der Waals surface area contributed by atoms with Crippen molar-refractivity contribution in [1.82, 2.24) is 0 Å². The van der Waals surface area contributed by atoms with Crippen molar-refractivity contribution in [2.24, 2.45) is 0 Å². The van der Waals surface area contributed by atoms with Gasteiger partial charge in [-0.3, -0.25) is 0 Å². The van der Waals surface area contributed by atoms with Crippen LogP contribution in [0.15, 0.2) is 47.4 Å². The molecule has 0 aliphatic rings. The molecule has 0 spiro atoms. The van der Waals surface area contributed by atoms with E-state index in [9.17, 15) is 13.2 Å². The number of hydrogen-bond donors (Lipinski definition) is 1. The van der Waals surface area contributed by atoms with Crippen molar-refractivity contribution in [2.75, 3.05) is 12.9 Å². The average Bonchev–Trinajstić information content (AvgIpc) is 2.47. The SMILES string of the molecule is COC(CCS(=O)(=O)c1ccc2ccccc2c1)C(=O)O. The van der Waals surface area contributed by atoms with Crippen LogP contribution in [0.25, 0.3) is 10.8 Å². The molecule has 0 fully saturated rings. The van der Waals surface area contributed by atoms with Gasteiger partial charge in [0.1, 0.15) is 0 Å². The van der Waals surface area contributed by atoms with Gasteiger partial charge in [0.05, 0.1) is 10.6 Å². The van der Waals surface area contributed by atoms with Crippen molar-refractivity contribution in [3.05, 3.63) is 42.5 Å². The Morgan fingerprint density at radius 2 is 1.86 bits per heavy atom. The third-order valence-corrected chi connectivity index (χ3v) is 5.03. The van der Waals surface area contributed by atoms with Crippen LogP contribution in [-0.4, -0.2) is 38.5 Å². The summed E-state index contributed by atoms with van der Waals surface area (Å²) in [6.07, 6.45) is -1.19. The van der Waals surface area contributed by atoms with Crippen molar-refractivity contribution >= 4 is 26.6 Å². The summed E-state index contributed by atoms with van der Waals surface area (Å²) in [7, 11) is -2.28. The first-order valence-electron chi connectivity index (χ1n) is 6.41. The first-order chi connectivity index (χ1) is 9.94. The zero-order valence-corrected chi connectivity index (χ0v) is 12.3. The van der Waals surface area contributed by atoms with E-state index >= 15 is 0 Å². The number of rotatable bonds is 6. The molecule has 0 heterocycles. The molecule has 2 aromatic rings. The maximum atomic E-state index is 12.3. The zero-order valence-electron chi connectivity index (χ0n) is 11.5. The number of benzene rings is 2. The van der Waals surface area contributed by atoms with Gasteiger partial charge in [-0.15, -0.1) is 0 Å². The Balaban J connectivity index is 2.23. The number of carbonyl (C=O) groups is 1. The van der Waals surface area contributed by atoms with E-state index in [-0.39, 0.29) is 17.1 Å². The molecule has 2 aromatic carbocycles. The minimum Gasteiger partial charge on any atom is -0.479 e. The van der Waals surface area contributed by atoms with E-state index in [1.807, 2.05) is 24.3 Å². The van der Waals surface area contributed by atoms with Crippen molar-refractivity contribution in [3.63, 3.8) is 0 Å². The fraction of sp³-hybridized carbons (Fsp3) is 0.267. The van der Waals surface area contributed by atoms with Crippen LogP contribution in [0.1, 0.15) is 6.42 Å². The van der Waals surface area contributed by atoms with E-state index in [0.717, 1.165) is 10.8 Å². The molecule has 1 unspecified atom stereocenters. The van der Waals surface area contributed by atoms with Gasteiger partial charge in [0, 0.05) is 7.11 Å². The number of sulfone groups is 1. The molecule has 1 atom stereocenters. The number of carboxylic acid groups (broad SMARTS) is 1. The van der Waals surface area contributed by atoms with Gasteiger partial charge in [0.2, 0.25) is 0 Å². The number of methoxy groups -OCH3 is 1. The van der Waals surface area contributed by atoms with E-state index < -0.39 is 21.9 Å². The molecule has 0 amide bonds. The number of fused-ring (bicyclic) bond motifs is 1. The maximum Gasteiger partial charge on any atom is 0.332 e. The van der Waals surface area contributed by atoms with Crippen molar-refractivity contribution in [3.8, 4) is 0 Å². The van der Waals surface area contributed by atoms with Gasteiger partial charge >= 0.3 is 5.97 Å². The number of hydrogen-bond acceptors (Lipinski definition) is 4. The predicted molar refractivity (Wildman–Crippen MR) is 79.1 cm³/mol. The Hall–Kier alpha value is -1.92. The topological polar surface area (TPSA) is 80.7 Å². The van der Waals surface area contributed by atoms with Gasteiger partial charge in [-0.1, -0.05) is 30.3 Å². The first-order valence-corrected chi connectivity index (χ1v) is 8.06. The van der Waals surface area contributed by atoms with Crippen LogP contribution >= 0.6 is 0 Å². The standard InChI is InChI=1S/C15H16O5S/c1-20-14(15(16)17)8-9-21(18,19)13-7-6-11-4-2-3-5-12(11)10-13/h2-7,10,14H,8-9H2,1H3,(H,16,17). The molecular weight excluding hydrogens is 292 g/mol. The third kappa shape index (κ3) is 3.59. The number of ether oxygens (including phenoxy) is 1. The van der Waals surface area contributed by atoms with Gasteiger partial charge in [-0.05, 0) is 29.3 Å². The van der Waals surface area contributed by atoms with Crippen LogP contribution in [0.3, 0.4) is 0 Å². The van der Waals surface area contributed by atoms with Crippen LogP contribution in [0.2, 0.25) is 0 Å². The van der Waals surface area contributed by atoms with E-state index in [1.54, 1.807) is 18.2 Å². The monoisotopic (exact) mass is 308 g/mol. The summed E-state index contributed by atoms with van der Waals surface area (Å²) in [6, 6.07) is 12.3. The second-order valence-corrected chi connectivity index (χ2v) is 6.79. The Bertz CT molecular complexity index is 752. The Labute approximate surface area is 123 Å². The summed E-state index contributed by atoms with van der Waals surface area (Å²) in [5.74, 6) is -1.43. The summed E-state index contributed by atoms with van der Waals surface area (Å²) in [5.41, 5.74) is 0. The largest absolute Gasteiger partial charge is 0.479 e. The lowest BCUT2D eigenvalue weighted by Gasteiger charge is -2.11. The van der Waals surface area contributed by atoms with Crippen molar-refractivity contribution < 1.29 is 23.1 Å². The highest BCUT2D eigenvalue weighted by molar-refractivity contribution is 7.91. The summed E-state index contributed by atoms with van der Waals surface area (Å²) in [5, 5.41) is 10.7. The summed E-state index contributed by atoms with van der Waals surface area (Å²) in [4.78, 5) is 11.0. The van der Waals surface area contributed by atoms with Gasteiger partial charge in [0.15, 0.2) is 15.9 Å². The van der Waals surface area contributed by atoms with Gasteiger partial charge in [0.25, 0.3) is 0 Å². The van der Waals surface area contributed by atoms with Crippen LogP contribution in [-0.2, 0) is 19.4 Å². The molecule has 0 saturated heterocycles. The highest BCUT2D eigenvalue weighted by Gasteiger charge is 2.22. The third-order valence-electron chi connectivity index (χ3n) is 3.29. The Morgan fingerprint density at radius 1 is 1.19 bits per heavy atom. The van der Waals surface area contributed by atoms with E-state index in [0.29, 0.717) is 0 Å². The van der Waals surface area contributed by atoms with Crippen LogP contribution in [0.4, 0.5) is 0 Å². The highest BCUT2D eigenvalue weighted by atomic mass is 32.2. The average molecular weight is 308 g/mol. The van der Waals surface area contributed by atoms with Gasteiger partial charge in [-0.25, -0.2) is 13.2 Å².